The SMILES string of the molecule is Cc1cc(-c2ncc(CNC(=O)c3ccc4c(c3)C(=O)c3ccccc3-4)cc2F)ccn1. The molecule has 4 aromatic rings. The second-order valence-electron chi connectivity index (χ2n) is 7.68. The lowest BCUT2D eigenvalue weighted by atomic mass is 10.0. The standard InChI is InChI=1S/C26H18FN3O2/c1-15-10-17(8-9-28-15)24-23(27)11-16(13-29-24)14-30-26(32)18-6-7-20-19-4-2-3-5-21(19)25(31)22(20)12-18/h2-13H,14H2,1H3,(H,30,32). The van der Waals surface area contributed by atoms with Crippen molar-refractivity contribution in [3.05, 3.63) is 107 Å². The molecule has 2 aromatic heterocycles. The van der Waals surface area contributed by atoms with Crippen molar-refractivity contribution in [1.82, 2.24) is 15.3 Å². The number of rotatable bonds is 4. The van der Waals surface area contributed by atoms with Crippen molar-refractivity contribution in [3.8, 4) is 22.4 Å². The second kappa shape index (κ2) is 7.81. The maximum absolute atomic E-state index is 14.6. The van der Waals surface area contributed by atoms with E-state index in [1.807, 2.05) is 25.1 Å². The maximum atomic E-state index is 14.6. The van der Waals surface area contributed by atoms with E-state index in [0.29, 0.717) is 27.8 Å². The van der Waals surface area contributed by atoms with E-state index in [1.165, 1.54) is 12.3 Å². The second-order valence-corrected chi connectivity index (χ2v) is 7.68. The third-order valence-electron chi connectivity index (χ3n) is 5.51. The monoisotopic (exact) mass is 423 g/mol. The molecule has 0 saturated heterocycles. The lowest BCUT2D eigenvalue weighted by molar-refractivity contribution is 0.0951. The molecule has 1 amide bonds. The fourth-order valence-electron chi connectivity index (χ4n) is 3.93. The van der Waals surface area contributed by atoms with Crippen LogP contribution in [0.25, 0.3) is 22.4 Å². The zero-order valence-corrected chi connectivity index (χ0v) is 17.2. The van der Waals surface area contributed by atoms with Gasteiger partial charge in [-0.3, -0.25) is 19.6 Å². The summed E-state index contributed by atoms with van der Waals surface area (Å²) < 4.78 is 14.6. The molecule has 5 nitrogen and oxygen atoms in total. The van der Waals surface area contributed by atoms with Crippen LogP contribution in [-0.4, -0.2) is 21.7 Å². The number of nitrogens with zero attached hydrogens (tertiary/aromatic N) is 2. The third-order valence-corrected chi connectivity index (χ3v) is 5.51. The molecule has 0 unspecified atom stereocenters. The number of fused-ring (bicyclic) bond motifs is 3. The fraction of sp³-hybridized carbons (Fsp3) is 0.0769. The number of carbonyl (C=O) groups is 2. The number of hydrogen-bond acceptors (Lipinski definition) is 4. The van der Waals surface area contributed by atoms with E-state index in [2.05, 4.69) is 15.3 Å². The molecule has 1 aliphatic rings. The van der Waals surface area contributed by atoms with E-state index in [0.717, 1.165) is 16.8 Å². The van der Waals surface area contributed by atoms with Gasteiger partial charge in [-0.1, -0.05) is 30.3 Å². The van der Waals surface area contributed by atoms with Crippen LogP contribution in [-0.2, 0) is 6.54 Å². The van der Waals surface area contributed by atoms with Gasteiger partial charge in [-0.25, -0.2) is 4.39 Å². The lowest BCUT2D eigenvalue weighted by Gasteiger charge is -2.09. The number of hydrogen-bond donors (Lipinski definition) is 1. The molecule has 6 heteroatoms. The summed E-state index contributed by atoms with van der Waals surface area (Å²) in [4.78, 5) is 33.7. The van der Waals surface area contributed by atoms with Gasteiger partial charge in [0.25, 0.3) is 5.91 Å². The molecule has 0 bridgehead atoms. The zero-order valence-electron chi connectivity index (χ0n) is 17.2. The third kappa shape index (κ3) is 3.46. The molecule has 156 valence electrons. The Kier molecular flexibility index (Phi) is 4.82. The summed E-state index contributed by atoms with van der Waals surface area (Å²) in [6, 6.07) is 17.3. The summed E-state index contributed by atoms with van der Waals surface area (Å²) in [7, 11) is 0. The van der Waals surface area contributed by atoms with Crippen LogP contribution in [0.4, 0.5) is 4.39 Å². The van der Waals surface area contributed by atoms with Crippen LogP contribution in [0.1, 0.15) is 37.5 Å². The van der Waals surface area contributed by atoms with Crippen LogP contribution < -0.4 is 5.32 Å². The number of ketones is 1. The normalized spacial score (nSPS) is 11.8. The molecule has 0 radical (unpaired) electrons. The molecule has 32 heavy (non-hydrogen) atoms. The molecule has 1 N–H and O–H groups in total. The molecular formula is C26H18FN3O2. The van der Waals surface area contributed by atoms with E-state index >= 15 is 0 Å². The Hall–Kier alpha value is -4.19. The Morgan fingerprint density at radius 1 is 0.938 bits per heavy atom. The van der Waals surface area contributed by atoms with Crippen LogP contribution in [0.5, 0.6) is 0 Å². The van der Waals surface area contributed by atoms with Crippen molar-refractivity contribution in [2.24, 2.45) is 0 Å². The topological polar surface area (TPSA) is 72.0 Å². The summed E-state index contributed by atoms with van der Waals surface area (Å²) >= 11 is 0. The van der Waals surface area contributed by atoms with Gasteiger partial charge in [-0.2, -0.15) is 0 Å². The van der Waals surface area contributed by atoms with Crippen LogP contribution in [0, 0.1) is 12.7 Å². The van der Waals surface area contributed by atoms with Crippen molar-refractivity contribution < 1.29 is 14.0 Å². The first kappa shape index (κ1) is 19.8. The number of benzene rings is 2. The van der Waals surface area contributed by atoms with Crippen LogP contribution in [0.15, 0.2) is 73.1 Å². The van der Waals surface area contributed by atoms with Gasteiger partial charge < -0.3 is 5.32 Å². The number of aryl methyl sites for hydroxylation is 1. The van der Waals surface area contributed by atoms with Gasteiger partial charge in [-0.15, -0.1) is 0 Å². The summed E-state index contributed by atoms with van der Waals surface area (Å²) in [5, 5.41) is 2.77. The first-order chi connectivity index (χ1) is 15.5. The molecule has 0 spiro atoms. The minimum Gasteiger partial charge on any atom is -0.348 e. The fourth-order valence-corrected chi connectivity index (χ4v) is 3.93. The largest absolute Gasteiger partial charge is 0.348 e. The molecule has 2 heterocycles. The predicted molar refractivity (Wildman–Crippen MR) is 119 cm³/mol. The summed E-state index contributed by atoms with van der Waals surface area (Å²) in [5.74, 6) is -0.896. The predicted octanol–water partition coefficient (Wildman–Crippen LogP) is 4.73. The molecule has 0 atom stereocenters. The number of pyridine rings is 2. The molecule has 0 fully saturated rings. The van der Waals surface area contributed by atoms with Gasteiger partial charge >= 0.3 is 0 Å². The number of nitrogens with one attached hydrogen (secondary N) is 1. The highest BCUT2D eigenvalue weighted by atomic mass is 19.1. The van der Waals surface area contributed by atoms with Gasteiger partial charge in [0.2, 0.25) is 0 Å². The molecule has 1 aliphatic carbocycles. The van der Waals surface area contributed by atoms with Crippen molar-refractivity contribution in [1.29, 1.82) is 0 Å². The number of aromatic nitrogens is 2. The highest BCUT2D eigenvalue weighted by molar-refractivity contribution is 6.22. The Balaban J connectivity index is 1.32. The number of carbonyl (C=O) groups excluding carboxylic acids is 2. The Morgan fingerprint density at radius 3 is 2.50 bits per heavy atom. The van der Waals surface area contributed by atoms with Crippen molar-refractivity contribution in [2.75, 3.05) is 0 Å². The van der Waals surface area contributed by atoms with Gasteiger partial charge in [0.15, 0.2) is 5.78 Å². The van der Waals surface area contributed by atoms with E-state index in [1.54, 1.807) is 42.6 Å². The average Bonchev–Trinajstić information content (AvgIpc) is 3.09. The molecule has 5 rings (SSSR count). The Bertz CT molecular complexity index is 1400. The maximum Gasteiger partial charge on any atom is 0.251 e. The van der Waals surface area contributed by atoms with Crippen molar-refractivity contribution in [3.63, 3.8) is 0 Å². The van der Waals surface area contributed by atoms with Gasteiger partial charge in [-0.05, 0) is 53.9 Å². The summed E-state index contributed by atoms with van der Waals surface area (Å²) in [5.41, 5.74) is 5.44. The Morgan fingerprint density at radius 2 is 1.72 bits per heavy atom. The molecule has 0 aliphatic heterocycles. The summed E-state index contributed by atoms with van der Waals surface area (Å²) in [6.07, 6.45) is 3.15. The average molecular weight is 423 g/mol. The van der Waals surface area contributed by atoms with Gasteiger partial charge in [0, 0.05) is 46.9 Å². The molecular weight excluding hydrogens is 405 g/mol. The van der Waals surface area contributed by atoms with Crippen LogP contribution in [0.2, 0.25) is 0 Å². The van der Waals surface area contributed by atoms with Gasteiger partial charge in [0.05, 0.1) is 0 Å². The quantitative estimate of drug-likeness (QED) is 0.454. The van der Waals surface area contributed by atoms with Gasteiger partial charge in [0.1, 0.15) is 11.5 Å². The lowest BCUT2D eigenvalue weighted by Crippen LogP contribution is -2.23. The smallest absolute Gasteiger partial charge is 0.251 e. The minimum absolute atomic E-state index is 0.0848. The first-order valence-electron chi connectivity index (χ1n) is 10.1. The highest BCUT2D eigenvalue weighted by Crippen LogP contribution is 2.36. The van der Waals surface area contributed by atoms with E-state index in [4.69, 9.17) is 0 Å². The van der Waals surface area contributed by atoms with E-state index < -0.39 is 5.82 Å². The van der Waals surface area contributed by atoms with Crippen LogP contribution >= 0.6 is 0 Å². The first-order valence-corrected chi connectivity index (χ1v) is 10.1. The van der Waals surface area contributed by atoms with E-state index in [-0.39, 0.29) is 23.9 Å². The number of halogens is 1. The molecule has 0 saturated carbocycles. The molecule has 2 aromatic carbocycles. The van der Waals surface area contributed by atoms with Crippen LogP contribution in [0.3, 0.4) is 0 Å². The zero-order chi connectivity index (χ0) is 22.2. The number of amides is 1. The highest BCUT2D eigenvalue weighted by Gasteiger charge is 2.27. The van der Waals surface area contributed by atoms with E-state index in [9.17, 15) is 14.0 Å². The van der Waals surface area contributed by atoms with Crippen molar-refractivity contribution in [2.45, 2.75) is 13.5 Å². The van der Waals surface area contributed by atoms with Crippen molar-refractivity contribution >= 4 is 11.7 Å². The Labute approximate surface area is 184 Å². The minimum atomic E-state index is -0.469. The summed E-state index contributed by atoms with van der Waals surface area (Å²) in [6.45, 7) is 1.94.